The molecule has 0 aliphatic rings. The summed E-state index contributed by atoms with van der Waals surface area (Å²) in [5.41, 5.74) is 0.311. The highest BCUT2D eigenvalue weighted by Crippen LogP contribution is 2.14. The van der Waals surface area contributed by atoms with Crippen LogP contribution in [0.2, 0.25) is 0 Å². The third-order valence-electron chi connectivity index (χ3n) is 1.99. The molecule has 2 rings (SSSR count). The van der Waals surface area contributed by atoms with Crippen LogP contribution in [0.15, 0.2) is 17.1 Å². The Morgan fingerprint density at radius 1 is 1.53 bits per heavy atom. The summed E-state index contributed by atoms with van der Waals surface area (Å²) in [6, 6.07) is 1.89. The van der Waals surface area contributed by atoms with Crippen LogP contribution in [-0.4, -0.2) is 26.1 Å². The van der Waals surface area contributed by atoms with Crippen LogP contribution in [0.1, 0.15) is 16.2 Å². The number of aromatic nitrogens is 4. The van der Waals surface area contributed by atoms with Crippen LogP contribution >= 0.6 is 22.6 Å². The zero-order valence-electron chi connectivity index (χ0n) is 8.74. The summed E-state index contributed by atoms with van der Waals surface area (Å²) in [6.45, 7) is 1.83. The SMILES string of the molecule is Cc1cc(I)cnc1NC(=O)c1n[nH]c(=O)[nH]1. The topological polar surface area (TPSA) is 104 Å². The highest BCUT2D eigenvalue weighted by Gasteiger charge is 2.12. The van der Waals surface area contributed by atoms with E-state index in [4.69, 9.17) is 0 Å². The van der Waals surface area contributed by atoms with Crippen LogP contribution in [0.25, 0.3) is 0 Å². The highest BCUT2D eigenvalue weighted by atomic mass is 127. The number of aromatic amines is 2. The Labute approximate surface area is 109 Å². The van der Waals surface area contributed by atoms with Crippen molar-refractivity contribution in [1.82, 2.24) is 20.2 Å². The number of pyridine rings is 1. The maximum absolute atomic E-state index is 11.7. The Balaban J connectivity index is 2.21. The number of carbonyl (C=O) groups excluding carboxylic acids is 1. The number of anilines is 1. The van der Waals surface area contributed by atoms with Gasteiger partial charge in [-0.05, 0) is 41.1 Å². The van der Waals surface area contributed by atoms with Gasteiger partial charge in [0.05, 0.1) is 0 Å². The van der Waals surface area contributed by atoms with Crippen LogP contribution in [0.5, 0.6) is 0 Å². The van der Waals surface area contributed by atoms with Crippen LogP contribution in [0.3, 0.4) is 0 Å². The molecule has 3 N–H and O–H groups in total. The van der Waals surface area contributed by atoms with Gasteiger partial charge in [-0.15, -0.1) is 5.10 Å². The Bertz CT molecular complexity index is 618. The second kappa shape index (κ2) is 4.65. The molecular formula is C9H8IN5O2. The summed E-state index contributed by atoms with van der Waals surface area (Å²) in [5.74, 6) is -0.144. The Hall–Kier alpha value is -1.71. The molecule has 0 spiro atoms. The third-order valence-corrected chi connectivity index (χ3v) is 2.58. The van der Waals surface area contributed by atoms with E-state index in [0.29, 0.717) is 5.82 Å². The van der Waals surface area contributed by atoms with Crippen LogP contribution < -0.4 is 11.0 Å². The van der Waals surface area contributed by atoms with Gasteiger partial charge in [0.15, 0.2) is 0 Å². The fourth-order valence-corrected chi connectivity index (χ4v) is 1.82. The van der Waals surface area contributed by atoms with Gasteiger partial charge in [0.25, 0.3) is 5.91 Å². The van der Waals surface area contributed by atoms with Gasteiger partial charge >= 0.3 is 5.69 Å². The normalized spacial score (nSPS) is 10.2. The summed E-state index contributed by atoms with van der Waals surface area (Å²) in [5, 5.41) is 8.20. The fraction of sp³-hybridized carbons (Fsp3) is 0.111. The second-order valence-corrected chi connectivity index (χ2v) is 4.55. The van der Waals surface area contributed by atoms with E-state index in [2.05, 4.69) is 48.1 Å². The number of hydrogen-bond donors (Lipinski definition) is 3. The molecule has 8 heteroatoms. The Morgan fingerprint density at radius 2 is 2.29 bits per heavy atom. The van der Waals surface area contributed by atoms with E-state index in [1.54, 1.807) is 6.20 Å². The lowest BCUT2D eigenvalue weighted by Gasteiger charge is -2.05. The Morgan fingerprint density at radius 3 is 2.88 bits per heavy atom. The number of rotatable bonds is 2. The molecule has 17 heavy (non-hydrogen) atoms. The molecule has 2 aromatic rings. The van der Waals surface area contributed by atoms with E-state index >= 15 is 0 Å². The number of nitrogens with one attached hydrogen (secondary N) is 3. The maximum Gasteiger partial charge on any atom is 0.341 e. The smallest absolute Gasteiger partial charge is 0.304 e. The number of hydrogen-bond acceptors (Lipinski definition) is 4. The third kappa shape index (κ3) is 2.70. The minimum absolute atomic E-state index is 0.0743. The minimum atomic E-state index is -0.526. The predicted octanol–water partition coefficient (Wildman–Crippen LogP) is 0.658. The van der Waals surface area contributed by atoms with Crippen molar-refractivity contribution >= 4 is 34.3 Å². The van der Waals surface area contributed by atoms with Gasteiger partial charge in [0.1, 0.15) is 5.82 Å². The zero-order valence-corrected chi connectivity index (χ0v) is 10.9. The molecule has 0 radical (unpaired) electrons. The molecule has 0 aliphatic carbocycles. The molecule has 0 fully saturated rings. The van der Waals surface area contributed by atoms with Gasteiger partial charge in [0, 0.05) is 9.77 Å². The fourth-order valence-electron chi connectivity index (χ4n) is 1.22. The van der Waals surface area contributed by atoms with Crippen LogP contribution in [-0.2, 0) is 0 Å². The van der Waals surface area contributed by atoms with E-state index < -0.39 is 11.6 Å². The molecule has 88 valence electrons. The molecule has 0 bridgehead atoms. The largest absolute Gasteiger partial charge is 0.341 e. The molecule has 1 amide bonds. The van der Waals surface area contributed by atoms with Crippen LogP contribution in [0, 0.1) is 10.5 Å². The Kier molecular flexibility index (Phi) is 3.22. The molecule has 0 unspecified atom stereocenters. The molecular weight excluding hydrogens is 337 g/mol. The van der Waals surface area contributed by atoms with Crippen molar-refractivity contribution in [2.75, 3.05) is 5.32 Å². The first-order valence-electron chi connectivity index (χ1n) is 4.64. The monoisotopic (exact) mass is 345 g/mol. The maximum atomic E-state index is 11.7. The number of H-pyrrole nitrogens is 2. The van der Waals surface area contributed by atoms with E-state index in [0.717, 1.165) is 9.13 Å². The average Bonchev–Trinajstić information content (AvgIpc) is 2.69. The van der Waals surface area contributed by atoms with Crippen molar-refractivity contribution < 1.29 is 4.79 Å². The van der Waals surface area contributed by atoms with Crippen molar-refractivity contribution in [3.05, 3.63) is 37.7 Å². The van der Waals surface area contributed by atoms with Crippen molar-refractivity contribution in [1.29, 1.82) is 0 Å². The summed E-state index contributed by atoms with van der Waals surface area (Å²) >= 11 is 2.13. The number of halogens is 1. The lowest BCUT2D eigenvalue weighted by Crippen LogP contribution is -2.16. The number of amides is 1. The standard InChI is InChI=1S/C9H8IN5O2/c1-4-2-5(10)3-11-6(4)12-8(16)7-13-9(17)15-14-7/h2-3H,1H3,(H,11,12,16)(H2,13,14,15,17). The molecule has 0 aromatic carbocycles. The predicted molar refractivity (Wildman–Crippen MR) is 68.9 cm³/mol. The van der Waals surface area contributed by atoms with Crippen molar-refractivity contribution in [2.24, 2.45) is 0 Å². The van der Waals surface area contributed by atoms with Crippen LogP contribution in [0.4, 0.5) is 5.82 Å². The first kappa shape index (κ1) is 11.8. The van der Waals surface area contributed by atoms with E-state index in [1.165, 1.54) is 0 Å². The van der Waals surface area contributed by atoms with E-state index in [9.17, 15) is 9.59 Å². The number of aryl methyl sites for hydroxylation is 1. The number of carbonyl (C=O) groups is 1. The lowest BCUT2D eigenvalue weighted by molar-refractivity contribution is 0.101. The van der Waals surface area contributed by atoms with Gasteiger partial charge in [0.2, 0.25) is 5.82 Å². The summed E-state index contributed by atoms with van der Waals surface area (Å²) in [4.78, 5) is 28.8. The molecule has 0 atom stereocenters. The molecule has 0 saturated carbocycles. The van der Waals surface area contributed by atoms with Gasteiger partial charge < -0.3 is 5.32 Å². The van der Waals surface area contributed by atoms with Crippen molar-refractivity contribution in [2.45, 2.75) is 6.92 Å². The summed E-state index contributed by atoms with van der Waals surface area (Å²) in [7, 11) is 0. The molecule has 0 aliphatic heterocycles. The van der Waals surface area contributed by atoms with Gasteiger partial charge in [-0.3, -0.25) is 9.78 Å². The summed E-state index contributed by atoms with van der Waals surface area (Å²) < 4.78 is 0.978. The van der Waals surface area contributed by atoms with Gasteiger partial charge in [-0.25, -0.2) is 14.9 Å². The molecule has 2 heterocycles. The molecule has 0 saturated heterocycles. The first-order valence-corrected chi connectivity index (χ1v) is 5.72. The highest BCUT2D eigenvalue weighted by molar-refractivity contribution is 14.1. The van der Waals surface area contributed by atoms with E-state index in [-0.39, 0.29) is 5.82 Å². The van der Waals surface area contributed by atoms with Crippen molar-refractivity contribution in [3.63, 3.8) is 0 Å². The summed E-state index contributed by atoms with van der Waals surface area (Å²) in [6.07, 6.45) is 1.64. The quantitative estimate of drug-likeness (QED) is 0.696. The van der Waals surface area contributed by atoms with Crippen molar-refractivity contribution in [3.8, 4) is 0 Å². The second-order valence-electron chi connectivity index (χ2n) is 3.30. The molecule has 7 nitrogen and oxygen atoms in total. The van der Waals surface area contributed by atoms with E-state index in [1.807, 2.05) is 13.0 Å². The molecule has 2 aromatic heterocycles. The first-order chi connectivity index (χ1) is 8.06. The average molecular weight is 345 g/mol. The minimum Gasteiger partial charge on any atom is -0.304 e. The van der Waals surface area contributed by atoms with Gasteiger partial charge in [-0.2, -0.15) is 0 Å². The lowest BCUT2D eigenvalue weighted by atomic mass is 10.3. The van der Waals surface area contributed by atoms with Gasteiger partial charge in [-0.1, -0.05) is 0 Å². The number of nitrogens with zero attached hydrogens (tertiary/aromatic N) is 2. The zero-order chi connectivity index (χ0) is 12.4.